The number of carbonyl (C=O) groups excluding carboxylic acids is 1. The van der Waals surface area contributed by atoms with Gasteiger partial charge < -0.3 is 10.2 Å². The Morgan fingerprint density at radius 3 is 2.78 bits per heavy atom. The molecule has 7 heteroatoms. The van der Waals surface area contributed by atoms with Crippen LogP contribution in [-0.2, 0) is 0 Å². The third-order valence-corrected chi connectivity index (χ3v) is 5.30. The average molecular weight is 371 g/mol. The molecule has 2 amide bonds. The van der Waals surface area contributed by atoms with Crippen molar-refractivity contribution in [3.05, 3.63) is 63.9 Å². The van der Waals surface area contributed by atoms with Gasteiger partial charge in [-0.1, -0.05) is 41.4 Å². The molecule has 1 aliphatic rings. The van der Waals surface area contributed by atoms with Crippen molar-refractivity contribution >= 4 is 46.7 Å². The lowest BCUT2D eigenvalue weighted by Crippen LogP contribution is -2.34. The zero-order chi connectivity index (χ0) is 16.4. The summed E-state index contributed by atoms with van der Waals surface area (Å²) in [4.78, 5) is 14.1. The minimum Gasteiger partial charge on any atom is -0.308 e. The molecule has 23 heavy (non-hydrogen) atoms. The van der Waals surface area contributed by atoms with Gasteiger partial charge in [-0.05, 0) is 24.3 Å². The van der Waals surface area contributed by atoms with Gasteiger partial charge in [0, 0.05) is 27.9 Å². The molecule has 0 aliphatic carbocycles. The summed E-state index contributed by atoms with van der Waals surface area (Å²) >= 11 is 13.8. The normalized spacial score (nSPS) is 17.3. The summed E-state index contributed by atoms with van der Waals surface area (Å²) in [6.45, 7) is 0.564. The molecule has 2 aromatic carbocycles. The van der Waals surface area contributed by atoms with E-state index in [0.717, 1.165) is 11.3 Å². The lowest BCUT2D eigenvalue weighted by molar-refractivity contribution is 0.214. The van der Waals surface area contributed by atoms with Crippen molar-refractivity contribution in [1.82, 2.24) is 4.90 Å². The zero-order valence-electron chi connectivity index (χ0n) is 11.9. The highest BCUT2D eigenvalue weighted by atomic mass is 35.5. The highest BCUT2D eigenvalue weighted by Gasteiger charge is 2.32. The van der Waals surface area contributed by atoms with Crippen molar-refractivity contribution in [3.63, 3.8) is 0 Å². The first-order valence-electron chi connectivity index (χ1n) is 6.95. The van der Waals surface area contributed by atoms with Gasteiger partial charge >= 0.3 is 6.03 Å². The van der Waals surface area contributed by atoms with Gasteiger partial charge in [0.1, 0.15) is 11.2 Å². The Kier molecular flexibility index (Phi) is 4.99. The maximum Gasteiger partial charge on any atom is 0.323 e. The minimum atomic E-state index is -0.464. The van der Waals surface area contributed by atoms with E-state index in [-0.39, 0.29) is 17.1 Å². The summed E-state index contributed by atoms with van der Waals surface area (Å²) < 4.78 is 13.7. The van der Waals surface area contributed by atoms with Gasteiger partial charge in [0.25, 0.3) is 0 Å². The second-order valence-corrected chi connectivity index (χ2v) is 7.02. The number of carbonyl (C=O) groups is 1. The smallest absolute Gasteiger partial charge is 0.308 e. The van der Waals surface area contributed by atoms with Crippen LogP contribution in [0.3, 0.4) is 0 Å². The van der Waals surface area contributed by atoms with Gasteiger partial charge in [0.2, 0.25) is 0 Å². The number of thioether (sulfide) groups is 1. The minimum absolute atomic E-state index is 0.162. The molecule has 2 aromatic rings. The number of urea groups is 1. The van der Waals surface area contributed by atoms with Crippen molar-refractivity contribution in [1.29, 1.82) is 0 Å². The molecule has 3 nitrogen and oxygen atoms in total. The Balaban J connectivity index is 1.81. The van der Waals surface area contributed by atoms with Gasteiger partial charge in [-0.15, -0.1) is 11.8 Å². The summed E-state index contributed by atoms with van der Waals surface area (Å²) in [5, 5.41) is 3.46. The number of nitrogens with zero attached hydrogens (tertiary/aromatic N) is 1. The average Bonchev–Trinajstić information content (AvgIpc) is 2.99. The lowest BCUT2D eigenvalue weighted by atomic mass is 10.2. The molecule has 0 spiro atoms. The molecule has 0 bridgehead atoms. The molecule has 3 rings (SSSR count). The first kappa shape index (κ1) is 16.4. The Hall–Kier alpha value is -1.43. The number of nitrogens with one attached hydrogen (secondary N) is 1. The first-order chi connectivity index (χ1) is 11.1. The van der Waals surface area contributed by atoms with Crippen LogP contribution >= 0.6 is 35.0 Å². The van der Waals surface area contributed by atoms with Gasteiger partial charge in [-0.3, -0.25) is 0 Å². The molecule has 1 fully saturated rings. The fourth-order valence-electron chi connectivity index (χ4n) is 2.39. The monoisotopic (exact) mass is 370 g/mol. The molecule has 0 unspecified atom stereocenters. The third-order valence-electron chi connectivity index (χ3n) is 3.50. The highest BCUT2D eigenvalue weighted by molar-refractivity contribution is 7.99. The largest absolute Gasteiger partial charge is 0.323 e. The Morgan fingerprint density at radius 1 is 1.26 bits per heavy atom. The van der Waals surface area contributed by atoms with Crippen LogP contribution in [0.2, 0.25) is 10.0 Å². The Labute approximate surface area is 147 Å². The van der Waals surface area contributed by atoms with E-state index in [1.165, 1.54) is 12.1 Å². The summed E-state index contributed by atoms with van der Waals surface area (Å²) in [5.74, 6) is 0.322. The standard InChI is InChI=1S/C16H13Cl2FN2OS/c17-10-5-6-11(12(18)9-10)15-21(7-8-23-15)16(22)20-14-4-2-1-3-13(14)19/h1-6,9,15H,7-8H2,(H,20,22)/t15-/m1/s1. The molecular weight excluding hydrogens is 358 g/mol. The van der Waals surface area contributed by atoms with Crippen LogP contribution in [-0.4, -0.2) is 23.2 Å². The van der Waals surface area contributed by atoms with Crippen molar-refractivity contribution in [3.8, 4) is 0 Å². The second-order valence-electron chi connectivity index (χ2n) is 4.99. The Morgan fingerprint density at radius 2 is 2.04 bits per heavy atom. The van der Waals surface area contributed by atoms with Crippen LogP contribution in [0.4, 0.5) is 14.9 Å². The van der Waals surface area contributed by atoms with E-state index in [9.17, 15) is 9.18 Å². The molecule has 0 aromatic heterocycles. The number of rotatable bonds is 2. The van der Waals surface area contributed by atoms with Crippen LogP contribution in [0.1, 0.15) is 10.9 Å². The maximum atomic E-state index is 13.7. The number of benzene rings is 2. The number of anilines is 1. The van der Waals surface area contributed by atoms with Gasteiger partial charge in [-0.2, -0.15) is 0 Å². The second kappa shape index (κ2) is 6.99. The Bertz CT molecular complexity index is 744. The van der Waals surface area contributed by atoms with E-state index in [2.05, 4.69) is 5.32 Å². The zero-order valence-corrected chi connectivity index (χ0v) is 14.3. The van der Waals surface area contributed by atoms with Crippen LogP contribution in [0, 0.1) is 5.82 Å². The molecule has 1 aliphatic heterocycles. The summed E-state index contributed by atoms with van der Waals surface area (Å²) in [6, 6.07) is 11.0. The van der Waals surface area contributed by atoms with E-state index in [1.807, 2.05) is 6.07 Å². The van der Waals surface area contributed by atoms with Crippen molar-refractivity contribution in [2.75, 3.05) is 17.6 Å². The molecule has 1 heterocycles. The van der Waals surface area contributed by atoms with Crippen LogP contribution in [0.5, 0.6) is 0 Å². The van der Waals surface area contributed by atoms with E-state index in [4.69, 9.17) is 23.2 Å². The van der Waals surface area contributed by atoms with E-state index < -0.39 is 5.82 Å². The van der Waals surface area contributed by atoms with Crippen molar-refractivity contribution in [2.24, 2.45) is 0 Å². The molecule has 0 saturated carbocycles. The molecule has 1 saturated heterocycles. The van der Waals surface area contributed by atoms with Crippen LogP contribution in [0.25, 0.3) is 0 Å². The molecule has 120 valence electrons. The first-order valence-corrected chi connectivity index (χ1v) is 8.75. The number of para-hydroxylation sites is 1. The summed E-state index contributed by atoms with van der Waals surface area (Å²) in [7, 11) is 0. The summed E-state index contributed by atoms with van der Waals surface area (Å²) in [6.07, 6.45) is 0. The van der Waals surface area contributed by atoms with Gasteiger partial charge in [-0.25, -0.2) is 9.18 Å². The fourth-order valence-corrected chi connectivity index (χ4v) is 4.26. The number of hydrogen-bond donors (Lipinski definition) is 1. The fraction of sp³-hybridized carbons (Fsp3) is 0.188. The predicted molar refractivity (Wildman–Crippen MR) is 93.8 cm³/mol. The maximum absolute atomic E-state index is 13.7. The van der Waals surface area contributed by atoms with E-state index in [0.29, 0.717) is 16.6 Å². The van der Waals surface area contributed by atoms with Gasteiger partial charge in [0.15, 0.2) is 0 Å². The number of amides is 2. The molecule has 0 radical (unpaired) electrons. The quantitative estimate of drug-likeness (QED) is 0.765. The number of hydrogen-bond acceptors (Lipinski definition) is 2. The van der Waals surface area contributed by atoms with Crippen LogP contribution < -0.4 is 5.32 Å². The third kappa shape index (κ3) is 3.57. The van der Waals surface area contributed by atoms with Crippen molar-refractivity contribution < 1.29 is 9.18 Å². The van der Waals surface area contributed by atoms with E-state index >= 15 is 0 Å². The summed E-state index contributed by atoms with van der Waals surface area (Å²) in [5.41, 5.74) is 0.984. The molecule has 1 atom stereocenters. The predicted octanol–water partition coefficient (Wildman–Crippen LogP) is 5.41. The topological polar surface area (TPSA) is 32.3 Å². The van der Waals surface area contributed by atoms with E-state index in [1.54, 1.807) is 40.9 Å². The highest BCUT2D eigenvalue weighted by Crippen LogP contribution is 2.41. The number of halogens is 3. The van der Waals surface area contributed by atoms with Crippen molar-refractivity contribution in [2.45, 2.75) is 5.37 Å². The molecule has 1 N–H and O–H groups in total. The lowest BCUT2D eigenvalue weighted by Gasteiger charge is -2.25. The van der Waals surface area contributed by atoms with Gasteiger partial charge in [0.05, 0.1) is 5.69 Å². The molecular formula is C16H13Cl2FN2OS. The SMILES string of the molecule is O=C(Nc1ccccc1F)N1CCS[C@@H]1c1ccc(Cl)cc1Cl. The van der Waals surface area contributed by atoms with Crippen LogP contribution in [0.15, 0.2) is 42.5 Å².